The number of piperidine rings is 1. The summed E-state index contributed by atoms with van der Waals surface area (Å²) in [4.78, 5) is 12.4. The molecule has 4 aliphatic rings. The van der Waals surface area contributed by atoms with Crippen LogP contribution in [-0.4, -0.2) is 22.6 Å². The second-order valence-electron chi connectivity index (χ2n) is 8.83. The van der Waals surface area contributed by atoms with E-state index < -0.39 is 0 Å². The molecule has 4 heteroatoms. The van der Waals surface area contributed by atoms with Gasteiger partial charge >= 0.3 is 0 Å². The second-order valence-corrected chi connectivity index (χ2v) is 8.83. The van der Waals surface area contributed by atoms with Gasteiger partial charge in [0.2, 0.25) is 5.95 Å². The molecule has 1 aromatic heterocycles. The standard InChI is InChI=1S/C23H30N4/c1-15(2)20-13-22(26-23(25-20)24-17-7-3-4-8-17)27-14-16-11-12-21(27)19-10-6-5-9-18(16)19/h5-6,9-10,13,15-17,21H,3-4,7-8,11-12,14H2,1-2H3,(H,24,25,26)/t16-,21+/m1/s1. The van der Waals surface area contributed by atoms with Gasteiger partial charge in [0.1, 0.15) is 5.82 Å². The number of benzene rings is 1. The lowest BCUT2D eigenvalue weighted by Crippen LogP contribution is -2.43. The van der Waals surface area contributed by atoms with E-state index in [4.69, 9.17) is 9.97 Å². The van der Waals surface area contributed by atoms with Crippen LogP contribution in [0.25, 0.3) is 0 Å². The highest BCUT2D eigenvalue weighted by molar-refractivity contribution is 5.53. The molecule has 0 spiro atoms. The van der Waals surface area contributed by atoms with E-state index in [0.29, 0.717) is 23.9 Å². The molecular formula is C23H30N4. The zero-order valence-corrected chi connectivity index (χ0v) is 16.5. The van der Waals surface area contributed by atoms with Crippen LogP contribution < -0.4 is 10.2 Å². The topological polar surface area (TPSA) is 41.1 Å². The molecule has 6 rings (SSSR count). The lowest BCUT2D eigenvalue weighted by atomic mass is 9.75. The van der Waals surface area contributed by atoms with E-state index in [9.17, 15) is 0 Å². The fraction of sp³-hybridized carbons (Fsp3) is 0.565. The molecule has 2 aliphatic carbocycles. The predicted molar refractivity (Wildman–Crippen MR) is 111 cm³/mol. The summed E-state index contributed by atoms with van der Waals surface area (Å²) in [6.45, 7) is 5.53. The Morgan fingerprint density at radius 3 is 2.56 bits per heavy atom. The Kier molecular flexibility index (Phi) is 4.30. The van der Waals surface area contributed by atoms with Crippen LogP contribution >= 0.6 is 0 Å². The van der Waals surface area contributed by atoms with Crippen LogP contribution in [0, 0.1) is 0 Å². The molecule has 1 saturated carbocycles. The number of rotatable bonds is 4. The third-order valence-electron chi connectivity index (χ3n) is 6.68. The molecule has 0 unspecified atom stereocenters. The van der Waals surface area contributed by atoms with Crippen LogP contribution in [-0.2, 0) is 0 Å². The minimum Gasteiger partial charge on any atom is -0.351 e. The Hall–Kier alpha value is -2.10. The molecule has 2 aromatic rings. The molecule has 1 saturated heterocycles. The normalized spacial score (nSPS) is 24.5. The average molecular weight is 363 g/mol. The number of nitrogens with one attached hydrogen (secondary N) is 1. The molecule has 142 valence electrons. The number of aromatic nitrogens is 2. The van der Waals surface area contributed by atoms with E-state index in [2.05, 4.69) is 54.4 Å². The van der Waals surface area contributed by atoms with E-state index in [1.165, 1.54) is 44.1 Å². The largest absolute Gasteiger partial charge is 0.351 e. The van der Waals surface area contributed by atoms with Crippen LogP contribution in [0.5, 0.6) is 0 Å². The lowest BCUT2D eigenvalue weighted by molar-refractivity contribution is 0.387. The highest BCUT2D eigenvalue weighted by atomic mass is 15.3. The summed E-state index contributed by atoms with van der Waals surface area (Å²) in [6, 6.07) is 12.3. The van der Waals surface area contributed by atoms with E-state index in [0.717, 1.165) is 24.0 Å². The maximum absolute atomic E-state index is 5.00. The summed E-state index contributed by atoms with van der Waals surface area (Å²) in [5, 5.41) is 3.63. The highest BCUT2D eigenvalue weighted by Gasteiger charge is 2.38. The van der Waals surface area contributed by atoms with Gasteiger partial charge in [0.25, 0.3) is 0 Å². The zero-order valence-electron chi connectivity index (χ0n) is 16.5. The smallest absolute Gasteiger partial charge is 0.225 e. The van der Waals surface area contributed by atoms with Crippen LogP contribution in [0.3, 0.4) is 0 Å². The Labute approximate surface area is 162 Å². The van der Waals surface area contributed by atoms with Crippen molar-refractivity contribution < 1.29 is 0 Å². The number of fused-ring (bicyclic) bond motifs is 2. The number of anilines is 2. The van der Waals surface area contributed by atoms with Crippen LogP contribution in [0.15, 0.2) is 30.3 Å². The number of hydrogen-bond donors (Lipinski definition) is 1. The predicted octanol–water partition coefficient (Wildman–Crippen LogP) is 5.39. The molecule has 27 heavy (non-hydrogen) atoms. The molecule has 3 heterocycles. The SMILES string of the molecule is CC(C)c1cc(N2C[C@H]3CC[C@H]2c2ccccc23)nc(NC2CCCC2)n1. The van der Waals surface area contributed by atoms with E-state index in [-0.39, 0.29) is 0 Å². The third kappa shape index (κ3) is 3.09. The molecule has 1 aromatic carbocycles. The van der Waals surface area contributed by atoms with Crippen molar-refractivity contribution in [2.45, 2.75) is 76.3 Å². The first kappa shape index (κ1) is 17.0. The molecule has 0 radical (unpaired) electrons. The van der Waals surface area contributed by atoms with E-state index >= 15 is 0 Å². The monoisotopic (exact) mass is 362 g/mol. The van der Waals surface area contributed by atoms with Crippen LogP contribution in [0.1, 0.15) is 87.1 Å². The van der Waals surface area contributed by atoms with Crippen molar-refractivity contribution in [2.24, 2.45) is 0 Å². The van der Waals surface area contributed by atoms with Crippen molar-refractivity contribution in [3.05, 3.63) is 47.2 Å². The molecule has 4 nitrogen and oxygen atoms in total. The first-order valence-electron chi connectivity index (χ1n) is 10.7. The number of nitrogens with zero attached hydrogens (tertiary/aromatic N) is 3. The van der Waals surface area contributed by atoms with Crippen LogP contribution in [0.2, 0.25) is 0 Å². The van der Waals surface area contributed by atoms with Gasteiger partial charge in [-0.1, -0.05) is 51.0 Å². The van der Waals surface area contributed by atoms with Crippen molar-refractivity contribution >= 4 is 11.8 Å². The Balaban J connectivity index is 1.50. The summed E-state index contributed by atoms with van der Waals surface area (Å²) in [5.41, 5.74) is 4.22. The third-order valence-corrected chi connectivity index (χ3v) is 6.68. The Morgan fingerprint density at radius 1 is 1.00 bits per heavy atom. The van der Waals surface area contributed by atoms with Gasteiger partial charge in [-0.2, -0.15) is 4.98 Å². The van der Waals surface area contributed by atoms with Gasteiger partial charge < -0.3 is 10.2 Å². The van der Waals surface area contributed by atoms with Gasteiger partial charge in [0.05, 0.1) is 11.7 Å². The molecule has 2 aliphatic heterocycles. The Bertz CT molecular complexity index is 825. The van der Waals surface area contributed by atoms with Gasteiger partial charge in [-0.3, -0.25) is 0 Å². The maximum Gasteiger partial charge on any atom is 0.225 e. The highest BCUT2D eigenvalue weighted by Crippen LogP contribution is 2.48. The Morgan fingerprint density at radius 2 is 1.78 bits per heavy atom. The number of hydrogen-bond acceptors (Lipinski definition) is 4. The minimum absolute atomic E-state index is 0.408. The lowest BCUT2D eigenvalue weighted by Gasteiger charge is -2.47. The van der Waals surface area contributed by atoms with Crippen molar-refractivity contribution in [1.82, 2.24) is 9.97 Å². The zero-order chi connectivity index (χ0) is 18.4. The molecule has 2 bridgehead atoms. The van der Waals surface area contributed by atoms with Crippen LogP contribution in [0.4, 0.5) is 11.8 Å². The van der Waals surface area contributed by atoms with Crippen molar-refractivity contribution in [3.8, 4) is 0 Å². The molecule has 0 amide bonds. The fourth-order valence-corrected chi connectivity index (χ4v) is 5.20. The molecule has 2 fully saturated rings. The second kappa shape index (κ2) is 6.81. The summed E-state index contributed by atoms with van der Waals surface area (Å²) in [5.74, 6) is 2.98. The van der Waals surface area contributed by atoms with E-state index in [1.807, 2.05) is 0 Å². The van der Waals surface area contributed by atoms with Crippen molar-refractivity contribution in [3.63, 3.8) is 0 Å². The van der Waals surface area contributed by atoms with Crippen molar-refractivity contribution in [2.75, 3.05) is 16.8 Å². The summed E-state index contributed by atoms with van der Waals surface area (Å²) < 4.78 is 0. The van der Waals surface area contributed by atoms with Crippen molar-refractivity contribution in [1.29, 1.82) is 0 Å². The maximum atomic E-state index is 5.00. The van der Waals surface area contributed by atoms with Gasteiger partial charge in [-0.25, -0.2) is 4.98 Å². The fourth-order valence-electron chi connectivity index (χ4n) is 5.20. The summed E-state index contributed by atoms with van der Waals surface area (Å²) in [7, 11) is 0. The molecule has 1 N–H and O–H groups in total. The first-order valence-corrected chi connectivity index (χ1v) is 10.7. The van der Waals surface area contributed by atoms with Gasteiger partial charge in [-0.15, -0.1) is 0 Å². The molecule has 2 atom stereocenters. The summed E-state index contributed by atoms with van der Waals surface area (Å²) in [6.07, 6.45) is 7.66. The average Bonchev–Trinajstić information content (AvgIpc) is 3.21. The first-order chi connectivity index (χ1) is 13.2. The minimum atomic E-state index is 0.408. The quantitative estimate of drug-likeness (QED) is 0.791. The van der Waals surface area contributed by atoms with E-state index in [1.54, 1.807) is 5.56 Å². The molecular weight excluding hydrogens is 332 g/mol. The van der Waals surface area contributed by atoms with Gasteiger partial charge in [0.15, 0.2) is 0 Å². The van der Waals surface area contributed by atoms with Gasteiger partial charge in [-0.05, 0) is 42.7 Å². The van der Waals surface area contributed by atoms with Gasteiger partial charge in [0, 0.05) is 24.6 Å². The summed E-state index contributed by atoms with van der Waals surface area (Å²) >= 11 is 0.